The number of fused-ring (bicyclic) bond motifs is 7. The van der Waals surface area contributed by atoms with E-state index < -0.39 is 80.4 Å². The van der Waals surface area contributed by atoms with Gasteiger partial charge in [0.2, 0.25) is 0 Å². The molecular formula is C39H62O13. The Kier molecular flexibility index (Phi) is 10.3. The first-order chi connectivity index (χ1) is 24.7. The van der Waals surface area contributed by atoms with Crippen LogP contribution in [0.2, 0.25) is 0 Å². The van der Waals surface area contributed by atoms with Crippen molar-refractivity contribution in [2.75, 3.05) is 19.8 Å². The molecule has 0 amide bonds. The molecule has 296 valence electrons. The third-order valence-corrected chi connectivity index (χ3v) is 15.6. The number of hydrogen-bond acceptors (Lipinski definition) is 13. The van der Waals surface area contributed by atoms with Crippen LogP contribution >= 0.6 is 0 Å². The van der Waals surface area contributed by atoms with Crippen molar-refractivity contribution in [2.24, 2.45) is 46.3 Å². The van der Waals surface area contributed by atoms with Crippen LogP contribution in [0.4, 0.5) is 0 Å². The Morgan fingerprint density at radius 1 is 0.788 bits per heavy atom. The van der Waals surface area contributed by atoms with E-state index in [-0.39, 0.29) is 23.0 Å². The fourth-order valence-electron chi connectivity index (χ4n) is 12.6. The molecule has 7 N–H and O–H groups in total. The van der Waals surface area contributed by atoms with E-state index in [1.807, 2.05) is 0 Å². The Balaban J connectivity index is 0.964. The molecule has 13 heteroatoms. The standard InChI is InChI=1S/C39H62O13/c1-18-7-12-39(47-17-18)19(2)28-25(52-39)14-24-22-6-5-20-13-21(8-10-37(20,3)23(22)9-11-38(24,28)4)48-36-34(32(45)30(43)27(16-41)50-36)51-35-33(46)31(44)29(42)26(15-40)49-35/h5,18-19,21-36,40-46H,6-17H2,1-4H3/t18-,19+,21+,22-,23+,24+,25+,26-,27-,28+,29-,30-,31+,32+,33-,34-,35+,36+,37+,38+,39-/m1/s1. The lowest BCUT2D eigenvalue weighted by molar-refractivity contribution is -0.372. The highest BCUT2D eigenvalue weighted by molar-refractivity contribution is 5.26. The highest BCUT2D eigenvalue weighted by atomic mass is 16.8. The molecule has 52 heavy (non-hydrogen) atoms. The minimum absolute atomic E-state index is 0.0289. The summed E-state index contributed by atoms with van der Waals surface area (Å²) < 4.78 is 37.4. The van der Waals surface area contributed by atoms with Gasteiger partial charge in [0, 0.05) is 12.3 Å². The first-order valence-electron chi connectivity index (χ1n) is 20.0. The molecule has 4 aliphatic heterocycles. The topological polar surface area (TPSA) is 197 Å². The van der Waals surface area contributed by atoms with E-state index in [0.29, 0.717) is 41.9 Å². The molecule has 0 radical (unpaired) electrons. The maximum Gasteiger partial charge on any atom is 0.187 e. The Morgan fingerprint density at radius 2 is 1.50 bits per heavy atom. The molecule has 4 saturated heterocycles. The first-order valence-corrected chi connectivity index (χ1v) is 20.0. The second kappa shape index (κ2) is 14.0. The zero-order valence-electron chi connectivity index (χ0n) is 31.0. The zero-order valence-corrected chi connectivity index (χ0v) is 31.0. The van der Waals surface area contributed by atoms with E-state index in [0.717, 1.165) is 45.1 Å². The van der Waals surface area contributed by atoms with Crippen LogP contribution in [0.5, 0.6) is 0 Å². The van der Waals surface area contributed by atoms with Crippen LogP contribution in [0.25, 0.3) is 0 Å². The molecule has 0 unspecified atom stereocenters. The van der Waals surface area contributed by atoms with Crippen LogP contribution < -0.4 is 0 Å². The average Bonchev–Trinajstić information content (AvgIpc) is 3.58. The van der Waals surface area contributed by atoms with Crippen molar-refractivity contribution in [3.8, 4) is 0 Å². The number of rotatable bonds is 6. The van der Waals surface area contributed by atoms with Crippen LogP contribution in [0.3, 0.4) is 0 Å². The lowest BCUT2D eigenvalue weighted by Gasteiger charge is -2.58. The summed E-state index contributed by atoms with van der Waals surface area (Å²) in [5.74, 6) is 2.83. The summed E-state index contributed by atoms with van der Waals surface area (Å²) in [4.78, 5) is 0. The van der Waals surface area contributed by atoms with E-state index in [9.17, 15) is 35.7 Å². The van der Waals surface area contributed by atoms with Gasteiger partial charge in [0.15, 0.2) is 18.4 Å². The number of allylic oxidation sites excluding steroid dienone is 1. The summed E-state index contributed by atoms with van der Waals surface area (Å²) in [7, 11) is 0. The van der Waals surface area contributed by atoms with Crippen LogP contribution in [0.15, 0.2) is 11.6 Å². The lowest BCUT2D eigenvalue weighted by Crippen LogP contribution is -2.65. The van der Waals surface area contributed by atoms with Gasteiger partial charge < -0.3 is 64.2 Å². The van der Waals surface area contributed by atoms with Gasteiger partial charge in [-0.15, -0.1) is 0 Å². The molecule has 3 saturated carbocycles. The second-order valence-electron chi connectivity index (χ2n) is 18.3. The molecule has 4 aliphatic carbocycles. The summed E-state index contributed by atoms with van der Waals surface area (Å²) in [6.45, 7) is 9.20. The number of aliphatic hydroxyl groups is 7. The smallest absolute Gasteiger partial charge is 0.187 e. The van der Waals surface area contributed by atoms with Crippen molar-refractivity contribution in [1.29, 1.82) is 0 Å². The van der Waals surface area contributed by atoms with Gasteiger partial charge in [-0.1, -0.05) is 39.3 Å². The van der Waals surface area contributed by atoms with Crippen LogP contribution in [-0.4, -0.2) is 135 Å². The van der Waals surface area contributed by atoms with Gasteiger partial charge in [-0.25, -0.2) is 0 Å². The van der Waals surface area contributed by atoms with E-state index >= 15 is 0 Å². The second-order valence-corrected chi connectivity index (χ2v) is 18.3. The lowest BCUT2D eigenvalue weighted by atomic mass is 9.47. The van der Waals surface area contributed by atoms with Gasteiger partial charge in [-0.2, -0.15) is 0 Å². The average molecular weight is 739 g/mol. The summed E-state index contributed by atoms with van der Waals surface area (Å²) in [5.41, 5.74) is 1.63. The number of ether oxygens (including phenoxy) is 6. The molecule has 4 heterocycles. The molecule has 0 aromatic heterocycles. The largest absolute Gasteiger partial charge is 0.394 e. The predicted molar refractivity (Wildman–Crippen MR) is 183 cm³/mol. The van der Waals surface area contributed by atoms with Crippen LogP contribution in [0.1, 0.15) is 85.5 Å². The fourth-order valence-corrected chi connectivity index (χ4v) is 12.6. The fraction of sp³-hybridized carbons (Fsp3) is 0.949. The number of aliphatic hydroxyl groups excluding tert-OH is 7. The van der Waals surface area contributed by atoms with Crippen LogP contribution in [-0.2, 0) is 28.4 Å². The van der Waals surface area contributed by atoms with Crippen LogP contribution in [0, 0.1) is 46.3 Å². The molecule has 7 fully saturated rings. The highest BCUT2D eigenvalue weighted by Gasteiger charge is 2.68. The highest BCUT2D eigenvalue weighted by Crippen LogP contribution is 2.70. The molecule has 1 spiro atoms. The SMILES string of the molecule is C[C@@H]1CC[C@@]2(OC1)O[C@H]1C[C@H]3[C@@H]4CC=C5C[C@@H](O[C@H]6O[C@H](CO)[C@@H](O)[C@H](O)[C@H]6O[C@@H]6O[C@H](CO)[C@@H](O)[C@H](O)[C@H]6O)CC[C@]5(C)[C@H]4CC[C@]3(C)[C@H]1[C@@H]2C. The Bertz CT molecular complexity index is 1320. The minimum Gasteiger partial charge on any atom is -0.394 e. The predicted octanol–water partition coefficient (Wildman–Crippen LogP) is 1.36. The maximum atomic E-state index is 11.1. The van der Waals surface area contributed by atoms with E-state index in [2.05, 4.69) is 33.8 Å². The zero-order chi connectivity index (χ0) is 36.9. The molecule has 8 aliphatic rings. The van der Waals surface area contributed by atoms with E-state index in [1.165, 1.54) is 18.4 Å². The molecule has 13 nitrogen and oxygen atoms in total. The third kappa shape index (κ3) is 5.90. The molecular weight excluding hydrogens is 676 g/mol. The summed E-state index contributed by atoms with van der Waals surface area (Å²) in [6.07, 6.45) is -3.28. The third-order valence-electron chi connectivity index (χ3n) is 15.6. The first kappa shape index (κ1) is 38.1. The molecule has 21 atom stereocenters. The van der Waals surface area contributed by atoms with Crippen molar-refractivity contribution in [3.63, 3.8) is 0 Å². The number of hydrogen-bond donors (Lipinski definition) is 7. The van der Waals surface area contributed by atoms with Gasteiger partial charge in [0.25, 0.3) is 0 Å². The maximum absolute atomic E-state index is 11.1. The summed E-state index contributed by atoms with van der Waals surface area (Å²) >= 11 is 0. The Morgan fingerprint density at radius 3 is 2.19 bits per heavy atom. The van der Waals surface area contributed by atoms with Crippen molar-refractivity contribution in [1.82, 2.24) is 0 Å². The van der Waals surface area contributed by atoms with Crippen molar-refractivity contribution >= 4 is 0 Å². The molecule has 0 bridgehead atoms. The monoisotopic (exact) mass is 738 g/mol. The van der Waals surface area contributed by atoms with Gasteiger partial charge >= 0.3 is 0 Å². The van der Waals surface area contributed by atoms with Crippen molar-refractivity contribution in [2.45, 2.75) is 165 Å². The van der Waals surface area contributed by atoms with Gasteiger partial charge in [-0.3, -0.25) is 0 Å². The van der Waals surface area contributed by atoms with Gasteiger partial charge in [0.05, 0.1) is 32.0 Å². The molecule has 0 aromatic carbocycles. The van der Waals surface area contributed by atoms with E-state index in [4.69, 9.17) is 28.4 Å². The summed E-state index contributed by atoms with van der Waals surface area (Å²) in [6, 6.07) is 0. The van der Waals surface area contributed by atoms with Gasteiger partial charge in [0.1, 0.15) is 48.8 Å². The quantitative estimate of drug-likeness (QED) is 0.193. The van der Waals surface area contributed by atoms with Crippen molar-refractivity contribution < 1.29 is 64.2 Å². The van der Waals surface area contributed by atoms with Crippen molar-refractivity contribution in [3.05, 3.63) is 11.6 Å². The Hall–Kier alpha value is -0.780. The normalized spacial score (nSPS) is 57.5. The minimum atomic E-state index is -1.72. The Labute approximate surface area is 306 Å². The van der Waals surface area contributed by atoms with E-state index in [1.54, 1.807) is 0 Å². The molecule has 8 rings (SSSR count). The van der Waals surface area contributed by atoms with Gasteiger partial charge in [-0.05, 0) is 91.8 Å². The summed E-state index contributed by atoms with van der Waals surface area (Å²) in [5, 5.41) is 72.6. The molecule has 0 aromatic rings.